The van der Waals surface area contributed by atoms with E-state index < -0.39 is 11.8 Å². The maximum absolute atomic E-state index is 15.1. The van der Waals surface area contributed by atoms with Gasteiger partial charge in [-0.05, 0) is 105 Å². The Morgan fingerprint density at radius 1 is 0.580 bits per heavy atom. The Labute approximate surface area is 303 Å². The molecule has 0 amide bonds. The Hall–Kier alpha value is -2.62. The SMILES string of the molecule is CC1CCC(C(C)C)C(OC(=O)[C@H]2[C@H]3c4ccc(C(C)(C)C)cc4[C@H](c4ccc(C(C)(C)C)cc43)[C@@H]2C(=O)OC2CC(C)CCC2C(C)C)C1. The van der Waals surface area contributed by atoms with Crippen LogP contribution in [0.25, 0.3) is 0 Å². The molecule has 2 saturated carbocycles. The number of esters is 2. The third-order valence-corrected chi connectivity index (χ3v) is 13.4. The predicted octanol–water partition coefficient (Wildman–Crippen LogP) is 11.1. The molecule has 0 saturated heterocycles. The molecule has 0 radical (unpaired) electrons. The van der Waals surface area contributed by atoms with Gasteiger partial charge in [-0.15, -0.1) is 0 Å². The van der Waals surface area contributed by atoms with Crippen LogP contribution in [0.15, 0.2) is 36.4 Å². The molecule has 50 heavy (non-hydrogen) atoms. The van der Waals surface area contributed by atoms with E-state index in [9.17, 15) is 0 Å². The summed E-state index contributed by atoms with van der Waals surface area (Å²) in [6, 6.07) is 13.7. The Bertz CT molecular complexity index is 1450. The smallest absolute Gasteiger partial charge is 0.311 e. The zero-order chi connectivity index (χ0) is 36.4. The molecule has 0 heterocycles. The quantitative estimate of drug-likeness (QED) is 0.285. The van der Waals surface area contributed by atoms with Crippen molar-refractivity contribution >= 4 is 11.9 Å². The van der Waals surface area contributed by atoms with Crippen molar-refractivity contribution in [1.82, 2.24) is 0 Å². The van der Waals surface area contributed by atoms with Crippen LogP contribution in [-0.2, 0) is 29.9 Å². The number of carbonyl (C=O) groups excluding carboxylic acids is 2. The fourth-order valence-corrected chi connectivity index (χ4v) is 10.2. The van der Waals surface area contributed by atoms with E-state index in [4.69, 9.17) is 9.47 Å². The molecule has 0 spiro atoms. The van der Waals surface area contributed by atoms with Crippen molar-refractivity contribution in [2.75, 3.05) is 0 Å². The van der Waals surface area contributed by atoms with Gasteiger partial charge in [-0.3, -0.25) is 9.59 Å². The van der Waals surface area contributed by atoms with Gasteiger partial charge in [-0.25, -0.2) is 0 Å². The van der Waals surface area contributed by atoms with Gasteiger partial charge in [0.25, 0.3) is 0 Å². The highest BCUT2D eigenvalue weighted by Crippen LogP contribution is 2.60. The number of carbonyl (C=O) groups is 2. The fraction of sp³-hybridized carbons (Fsp3) is 0.696. The molecule has 0 aliphatic heterocycles. The summed E-state index contributed by atoms with van der Waals surface area (Å²) in [6.07, 6.45) is 6.00. The van der Waals surface area contributed by atoms with Crippen molar-refractivity contribution in [2.45, 2.75) is 156 Å². The summed E-state index contributed by atoms with van der Waals surface area (Å²) in [6.45, 7) is 27.1. The molecule has 10 atom stereocenters. The van der Waals surface area contributed by atoms with E-state index in [0.29, 0.717) is 35.5 Å². The van der Waals surface area contributed by atoms with Gasteiger partial charge in [0.05, 0.1) is 11.8 Å². The minimum absolute atomic E-state index is 0.0504. The average Bonchev–Trinajstić information content (AvgIpc) is 3.02. The van der Waals surface area contributed by atoms with Gasteiger partial charge in [-0.2, -0.15) is 0 Å². The van der Waals surface area contributed by atoms with E-state index in [1.165, 1.54) is 46.2 Å². The van der Waals surface area contributed by atoms with Crippen molar-refractivity contribution in [2.24, 2.45) is 47.3 Å². The zero-order valence-electron chi connectivity index (χ0n) is 33.3. The van der Waals surface area contributed by atoms with Crippen molar-refractivity contribution in [3.05, 3.63) is 69.8 Å². The van der Waals surface area contributed by atoms with E-state index in [1.54, 1.807) is 0 Å². The second-order valence-electron chi connectivity index (χ2n) is 19.8. The van der Waals surface area contributed by atoms with Crippen LogP contribution in [0, 0.1) is 47.3 Å². The highest BCUT2D eigenvalue weighted by molar-refractivity contribution is 5.88. The van der Waals surface area contributed by atoms with E-state index in [2.05, 4.69) is 119 Å². The summed E-state index contributed by atoms with van der Waals surface area (Å²) in [5.74, 6) is 0.331. The van der Waals surface area contributed by atoms with Gasteiger partial charge in [0.2, 0.25) is 0 Å². The Morgan fingerprint density at radius 3 is 1.26 bits per heavy atom. The van der Waals surface area contributed by atoms with Crippen molar-refractivity contribution in [1.29, 1.82) is 0 Å². The van der Waals surface area contributed by atoms with Crippen molar-refractivity contribution in [3.8, 4) is 0 Å². The van der Waals surface area contributed by atoms with Crippen molar-refractivity contribution in [3.63, 3.8) is 0 Å². The molecule has 2 aromatic carbocycles. The molecule has 7 rings (SSSR count). The van der Waals surface area contributed by atoms with Crippen LogP contribution >= 0.6 is 0 Å². The van der Waals surface area contributed by atoms with E-state index in [0.717, 1.165) is 25.7 Å². The summed E-state index contributed by atoms with van der Waals surface area (Å²) in [5.41, 5.74) is 7.13. The Kier molecular flexibility index (Phi) is 10.2. The number of fused-ring (bicyclic) bond motifs is 1. The third-order valence-electron chi connectivity index (χ3n) is 13.4. The highest BCUT2D eigenvalue weighted by Gasteiger charge is 2.58. The van der Waals surface area contributed by atoms with Crippen LogP contribution in [0.5, 0.6) is 0 Å². The molecule has 4 nitrogen and oxygen atoms in total. The summed E-state index contributed by atoms with van der Waals surface area (Å²) in [4.78, 5) is 30.1. The van der Waals surface area contributed by atoms with Crippen LogP contribution in [0.2, 0.25) is 0 Å². The number of ether oxygens (including phenoxy) is 2. The van der Waals surface area contributed by atoms with Crippen LogP contribution < -0.4 is 0 Å². The van der Waals surface area contributed by atoms with Crippen LogP contribution in [0.4, 0.5) is 0 Å². The molecule has 6 unspecified atom stereocenters. The fourth-order valence-electron chi connectivity index (χ4n) is 10.2. The molecular weight excluding hydrogens is 617 g/mol. The average molecular weight is 683 g/mol. The molecule has 274 valence electrons. The monoisotopic (exact) mass is 682 g/mol. The zero-order valence-corrected chi connectivity index (χ0v) is 33.3. The first-order valence-electron chi connectivity index (χ1n) is 20.1. The van der Waals surface area contributed by atoms with Gasteiger partial charge in [0.15, 0.2) is 0 Å². The molecule has 4 heteroatoms. The van der Waals surface area contributed by atoms with Crippen molar-refractivity contribution < 1.29 is 19.1 Å². The third kappa shape index (κ3) is 6.95. The largest absolute Gasteiger partial charge is 0.462 e. The molecule has 5 aliphatic carbocycles. The first kappa shape index (κ1) is 37.1. The molecular formula is C46H66O4. The Morgan fingerprint density at radius 2 is 0.940 bits per heavy atom. The van der Waals surface area contributed by atoms with Gasteiger partial charge in [0, 0.05) is 11.8 Å². The second-order valence-corrected chi connectivity index (χ2v) is 19.8. The van der Waals surface area contributed by atoms with E-state index in [-0.39, 0.29) is 46.8 Å². The maximum atomic E-state index is 15.1. The lowest BCUT2D eigenvalue weighted by Crippen LogP contribution is -2.50. The predicted molar refractivity (Wildman–Crippen MR) is 203 cm³/mol. The lowest BCUT2D eigenvalue weighted by molar-refractivity contribution is -0.176. The molecule has 2 bridgehead atoms. The minimum atomic E-state index is -0.633. The lowest BCUT2D eigenvalue weighted by atomic mass is 9.53. The number of benzene rings is 2. The summed E-state index contributed by atoms with van der Waals surface area (Å²) in [5, 5.41) is 0. The van der Waals surface area contributed by atoms with E-state index in [1.807, 2.05) is 0 Å². The summed E-state index contributed by atoms with van der Waals surface area (Å²) < 4.78 is 13.5. The second kappa shape index (κ2) is 13.7. The molecule has 0 aromatic heterocycles. The number of hydrogen-bond donors (Lipinski definition) is 0. The first-order valence-corrected chi connectivity index (χ1v) is 20.1. The standard InChI is InChI=1S/C46H66O4/c1-25(2)31-17-13-27(5)21-37(31)49-43(47)41-39-33-19-15-30(46(10,11)12)24-36(33)40(34-20-16-29(23-35(34)39)45(7,8)9)42(41)44(48)50-38-22-28(6)14-18-32(38)26(3)4/h15-16,19-20,23-28,31-32,37-42H,13-14,17-18,21-22H2,1-12H3/t27?,28?,31?,32?,37?,38?,39-,40-,41-,42-/m0/s1. The molecule has 2 aromatic rings. The van der Waals surface area contributed by atoms with Crippen LogP contribution in [-0.4, -0.2) is 24.1 Å². The normalized spacial score (nSPS) is 32.4. The topological polar surface area (TPSA) is 52.6 Å². The minimum Gasteiger partial charge on any atom is -0.462 e. The molecule has 5 aliphatic rings. The first-order chi connectivity index (χ1) is 23.4. The number of hydrogen-bond acceptors (Lipinski definition) is 4. The molecule has 2 fully saturated rings. The highest BCUT2D eigenvalue weighted by atomic mass is 16.6. The van der Waals surface area contributed by atoms with Gasteiger partial charge in [0.1, 0.15) is 12.2 Å². The molecule has 0 N–H and O–H groups in total. The van der Waals surface area contributed by atoms with Gasteiger partial charge < -0.3 is 9.47 Å². The van der Waals surface area contributed by atoms with E-state index >= 15 is 9.59 Å². The summed E-state index contributed by atoms with van der Waals surface area (Å²) >= 11 is 0. The lowest BCUT2D eigenvalue weighted by Gasteiger charge is -2.50. The van der Waals surface area contributed by atoms with Gasteiger partial charge in [-0.1, -0.05) is 132 Å². The van der Waals surface area contributed by atoms with Gasteiger partial charge >= 0.3 is 11.9 Å². The number of rotatable bonds is 6. The summed E-state index contributed by atoms with van der Waals surface area (Å²) in [7, 11) is 0. The van der Waals surface area contributed by atoms with Crippen LogP contribution in [0.1, 0.15) is 167 Å². The van der Waals surface area contributed by atoms with Crippen LogP contribution in [0.3, 0.4) is 0 Å². The Balaban J connectivity index is 1.50. The maximum Gasteiger partial charge on any atom is 0.311 e.